The lowest BCUT2D eigenvalue weighted by atomic mass is 10.3. The van der Waals surface area contributed by atoms with E-state index in [1.165, 1.54) is 16.7 Å². The fourth-order valence-electron chi connectivity index (χ4n) is 2.11. The third-order valence-electron chi connectivity index (χ3n) is 3.11. The van der Waals surface area contributed by atoms with Crippen molar-refractivity contribution in [1.82, 2.24) is 9.47 Å². The van der Waals surface area contributed by atoms with Crippen LogP contribution in [0.3, 0.4) is 0 Å². The molecule has 0 bridgehead atoms. The molecule has 0 aromatic carbocycles. The van der Waals surface area contributed by atoms with Gasteiger partial charge in [0.25, 0.3) is 5.91 Å². The summed E-state index contributed by atoms with van der Waals surface area (Å²) in [6, 6.07) is 2.00. The van der Waals surface area contributed by atoms with Gasteiger partial charge < -0.3 is 9.67 Å². The quantitative estimate of drug-likeness (QED) is 0.666. The number of hydrogen-bond donors (Lipinski definition) is 1. The van der Waals surface area contributed by atoms with Gasteiger partial charge in [0.05, 0.1) is 4.91 Å². The Bertz CT molecular complexity index is 634. The molecular formula is C14H16N2O3S2. The van der Waals surface area contributed by atoms with Crippen LogP contribution >= 0.6 is 24.0 Å². The fourth-order valence-corrected chi connectivity index (χ4v) is 3.40. The summed E-state index contributed by atoms with van der Waals surface area (Å²) in [5.74, 6) is -1.01. The molecule has 0 saturated carbocycles. The molecule has 1 amide bonds. The Morgan fingerprint density at radius 1 is 1.52 bits per heavy atom. The molecule has 0 spiro atoms. The van der Waals surface area contributed by atoms with Crippen LogP contribution in [-0.4, -0.2) is 37.3 Å². The van der Waals surface area contributed by atoms with Crippen molar-refractivity contribution in [3.05, 3.63) is 28.4 Å². The van der Waals surface area contributed by atoms with Gasteiger partial charge in [0.1, 0.15) is 4.32 Å². The van der Waals surface area contributed by atoms with Crippen LogP contribution in [0.4, 0.5) is 0 Å². The lowest BCUT2D eigenvalue weighted by molar-refractivity contribution is -0.137. The number of nitrogens with zero attached hydrogens (tertiary/aromatic N) is 2. The number of thiocarbonyl (C=S) groups is 1. The van der Waals surface area contributed by atoms with Crippen molar-refractivity contribution in [3.63, 3.8) is 0 Å². The van der Waals surface area contributed by atoms with Gasteiger partial charge in [-0.15, -0.1) is 0 Å². The van der Waals surface area contributed by atoms with Crippen molar-refractivity contribution in [2.75, 3.05) is 6.54 Å². The average molecular weight is 324 g/mol. The first-order chi connectivity index (χ1) is 9.88. The van der Waals surface area contributed by atoms with Gasteiger partial charge in [0.15, 0.2) is 0 Å². The van der Waals surface area contributed by atoms with Crippen LogP contribution in [0.15, 0.2) is 17.2 Å². The van der Waals surface area contributed by atoms with E-state index in [0.717, 1.165) is 11.3 Å². The summed E-state index contributed by atoms with van der Waals surface area (Å²) >= 11 is 6.46. The van der Waals surface area contributed by atoms with E-state index in [4.69, 9.17) is 17.3 Å². The van der Waals surface area contributed by atoms with Crippen molar-refractivity contribution in [3.8, 4) is 0 Å². The second kappa shape index (κ2) is 6.44. The summed E-state index contributed by atoms with van der Waals surface area (Å²) in [6.07, 6.45) is 4.24. The standard InChI is InChI=1S/C14H16N2O3S2/c1-9-6-10(15(2)8-9)7-11-13(19)16(14(20)21-11)5-3-4-12(17)18/h6-8H,3-5H2,1-2H3,(H,17,18)/b11-7-. The zero-order valence-corrected chi connectivity index (χ0v) is 13.5. The van der Waals surface area contributed by atoms with Crippen LogP contribution in [0.25, 0.3) is 6.08 Å². The highest BCUT2D eigenvalue weighted by Gasteiger charge is 2.31. The predicted octanol–water partition coefficient (Wildman–Crippen LogP) is 2.40. The monoisotopic (exact) mass is 324 g/mol. The van der Waals surface area contributed by atoms with E-state index in [0.29, 0.717) is 22.2 Å². The summed E-state index contributed by atoms with van der Waals surface area (Å²) in [6.45, 7) is 2.34. The number of aliphatic carboxylic acids is 1. The van der Waals surface area contributed by atoms with Crippen LogP contribution in [0.5, 0.6) is 0 Å². The molecule has 112 valence electrons. The number of carboxylic acid groups (broad SMARTS) is 1. The smallest absolute Gasteiger partial charge is 0.303 e. The van der Waals surface area contributed by atoms with Crippen LogP contribution in [0.2, 0.25) is 0 Å². The summed E-state index contributed by atoms with van der Waals surface area (Å²) in [4.78, 5) is 24.9. The van der Waals surface area contributed by atoms with Crippen LogP contribution in [0.1, 0.15) is 24.1 Å². The van der Waals surface area contributed by atoms with Gasteiger partial charge in [-0.25, -0.2) is 0 Å². The summed E-state index contributed by atoms with van der Waals surface area (Å²) in [5, 5.41) is 8.64. The van der Waals surface area contributed by atoms with E-state index < -0.39 is 5.97 Å². The number of hydrogen-bond acceptors (Lipinski definition) is 4. The predicted molar refractivity (Wildman–Crippen MR) is 86.9 cm³/mol. The molecule has 0 atom stereocenters. The molecule has 21 heavy (non-hydrogen) atoms. The number of amides is 1. The third-order valence-corrected chi connectivity index (χ3v) is 4.48. The molecule has 1 aromatic heterocycles. The topological polar surface area (TPSA) is 62.5 Å². The lowest BCUT2D eigenvalue weighted by Gasteiger charge is -2.13. The number of thioether (sulfide) groups is 1. The van der Waals surface area contributed by atoms with E-state index in [1.807, 2.05) is 36.9 Å². The van der Waals surface area contributed by atoms with Gasteiger partial charge >= 0.3 is 5.97 Å². The molecule has 1 fully saturated rings. The maximum atomic E-state index is 12.3. The minimum atomic E-state index is -0.865. The summed E-state index contributed by atoms with van der Waals surface area (Å²) in [7, 11) is 1.92. The van der Waals surface area contributed by atoms with Gasteiger partial charge in [-0.1, -0.05) is 24.0 Å². The van der Waals surface area contributed by atoms with E-state index in [-0.39, 0.29) is 12.3 Å². The van der Waals surface area contributed by atoms with Crippen molar-refractivity contribution in [2.24, 2.45) is 7.05 Å². The van der Waals surface area contributed by atoms with Gasteiger partial charge in [-0.05, 0) is 31.1 Å². The maximum absolute atomic E-state index is 12.3. The van der Waals surface area contributed by atoms with Crippen molar-refractivity contribution in [2.45, 2.75) is 19.8 Å². The zero-order chi connectivity index (χ0) is 15.6. The molecule has 0 unspecified atom stereocenters. The van der Waals surface area contributed by atoms with E-state index in [9.17, 15) is 9.59 Å². The van der Waals surface area contributed by atoms with Crippen LogP contribution in [0, 0.1) is 6.92 Å². The first-order valence-electron chi connectivity index (χ1n) is 6.48. The molecule has 2 rings (SSSR count). The highest BCUT2D eigenvalue weighted by molar-refractivity contribution is 8.26. The Morgan fingerprint density at radius 3 is 2.81 bits per heavy atom. The molecule has 1 aliphatic rings. The highest BCUT2D eigenvalue weighted by Crippen LogP contribution is 2.32. The fraction of sp³-hybridized carbons (Fsp3) is 0.357. The molecule has 1 aromatic rings. The van der Waals surface area contributed by atoms with Gasteiger partial charge in [-0.3, -0.25) is 14.5 Å². The molecule has 0 radical (unpaired) electrons. The Hall–Kier alpha value is -1.60. The van der Waals surface area contributed by atoms with E-state index in [2.05, 4.69) is 0 Å². The van der Waals surface area contributed by atoms with Gasteiger partial charge in [-0.2, -0.15) is 0 Å². The highest BCUT2D eigenvalue weighted by atomic mass is 32.2. The van der Waals surface area contributed by atoms with Crippen molar-refractivity contribution in [1.29, 1.82) is 0 Å². The number of carboxylic acids is 1. The Labute approximate surface area is 132 Å². The molecule has 1 aliphatic heterocycles. The minimum absolute atomic E-state index is 0.0348. The molecule has 1 saturated heterocycles. The zero-order valence-electron chi connectivity index (χ0n) is 11.8. The number of carbonyl (C=O) groups is 2. The summed E-state index contributed by atoms with van der Waals surface area (Å²) in [5.41, 5.74) is 2.07. The first kappa shape index (κ1) is 15.8. The van der Waals surface area contributed by atoms with Crippen LogP contribution in [-0.2, 0) is 16.6 Å². The molecule has 5 nitrogen and oxygen atoms in total. The lowest BCUT2D eigenvalue weighted by Crippen LogP contribution is -2.29. The molecular weight excluding hydrogens is 308 g/mol. The SMILES string of the molecule is Cc1cc(/C=C2\SC(=S)N(CCCC(=O)O)C2=O)n(C)c1. The Morgan fingerprint density at radius 2 is 2.24 bits per heavy atom. The third kappa shape index (κ3) is 3.74. The molecule has 7 heteroatoms. The van der Waals surface area contributed by atoms with Gasteiger partial charge in [0, 0.05) is 31.9 Å². The number of carbonyl (C=O) groups excluding carboxylic acids is 1. The number of aromatic nitrogens is 1. The van der Waals surface area contributed by atoms with E-state index >= 15 is 0 Å². The largest absolute Gasteiger partial charge is 0.481 e. The first-order valence-corrected chi connectivity index (χ1v) is 7.71. The van der Waals surface area contributed by atoms with E-state index in [1.54, 1.807) is 0 Å². The van der Waals surface area contributed by atoms with Crippen molar-refractivity contribution < 1.29 is 14.7 Å². The van der Waals surface area contributed by atoms with Crippen LogP contribution < -0.4 is 0 Å². The number of rotatable bonds is 5. The second-order valence-corrected chi connectivity index (χ2v) is 6.56. The average Bonchev–Trinajstić information content (AvgIpc) is 2.83. The normalized spacial score (nSPS) is 17.0. The van der Waals surface area contributed by atoms with Gasteiger partial charge in [0.2, 0.25) is 0 Å². The Kier molecular flexibility index (Phi) is 4.84. The van der Waals surface area contributed by atoms with Crippen molar-refractivity contribution >= 4 is 46.3 Å². The number of aryl methyl sites for hydroxylation is 2. The molecule has 0 aliphatic carbocycles. The summed E-state index contributed by atoms with van der Waals surface area (Å²) < 4.78 is 2.44. The maximum Gasteiger partial charge on any atom is 0.303 e. The molecule has 2 heterocycles. The Balaban J connectivity index is 2.10. The second-order valence-electron chi connectivity index (χ2n) is 4.88. The molecule has 1 N–H and O–H groups in total. The minimum Gasteiger partial charge on any atom is -0.481 e.